The van der Waals surface area contributed by atoms with Crippen LogP contribution in [0.4, 0.5) is 0 Å². The first-order valence-electron chi connectivity index (χ1n) is 9.67. The van der Waals surface area contributed by atoms with Crippen molar-refractivity contribution in [3.05, 3.63) is 48.5 Å². The predicted octanol–water partition coefficient (Wildman–Crippen LogP) is 3.16. The molecule has 0 radical (unpaired) electrons. The molecule has 7 heteroatoms. The highest BCUT2D eigenvalue weighted by atomic mass is 16.5. The molecule has 7 nitrogen and oxygen atoms in total. The highest BCUT2D eigenvalue weighted by Crippen LogP contribution is 2.16. The van der Waals surface area contributed by atoms with Gasteiger partial charge < -0.3 is 18.9 Å². The van der Waals surface area contributed by atoms with Crippen molar-refractivity contribution in [1.29, 1.82) is 0 Å². The summed E-state index contributed by atoms with van der Waals surface area (Å²) in [5.41, 5.74) is 0.572. The molecule has 0 aliphatic carbocycles. The van der Waals surface area contributed by atoms with Gasteiger partial charge in [-0.2, -0.15) is 0 Å². The number of aryl methyl sites for hydroxylation is 1. The molecule has 1 aromatic heterocycles. The summed E-state index contributed by atoms with van der Waals surface area (Å²) in [5.74, 6) is 0.325. The Balaban J connectivity index is 2.00. The fourth-order valence-corrected chi connectivity index (χ4v) is 2.77. The first-order valence-corrected chi connectivity index (χ1v) is 9.67. The fourth-order valence-electron chi connectivity index (χ4n) is 2.77. The molecule has 152 valence electrons. The van der Waals surface area contributed by atoms with Crippen LogP contribution in [-0.4, -0.2) is 52.1 Å². The van der Waals surface area contributed by atoms with E-state index in [0.717, 1.165) is 18.7 Å². The summed E-state index contributed by atoms with van der Waals surface area (Å²) in [7, 11) is 0. The van der Waals surface area contributed by atoms with Gasteiger partial charge in [0, 0.05) is 37.6 Å². The molecule has 0 unspecified atom stereocenters. The molecule has 1 aromatic carbocycles. The molecule has 1 amide bonds. The topological polar surface area (TPSA) is 73.7 Å². The molecule has 0 aliphatic heterocycles. The lowest BCUT2D eigenvalue weighted by atomic mass is 10.1. The first-order chi connectivity index (χ1) is 13.5. The Labute approximate surface area is 166 Å². The number of rotatable bonds is 11. The molecule has 28 heavy (non-hydrogen) atoms. The minimum absolute atomic E-state index is 0.0748. The Morgan fingerprint density at radius 2 is 1.93 bits per heavy atom. The van der Waals surface area contributed by atoms with Crippen molar-refractivity contribution in [2.24, 2.45) is 0 Å². The maximum atomic E-state index is 13.0. The number of nitrogens with zero attached hydrogens (tertiary/aromatic N) is 3. The van der Waals surface area contributed by atoms with Crippen LogP contribution >= 0.6 is 0 Å². The van der Waals surface area contributed by atoms with E-state index in [4.69, 9.17) is 9.47 Å². The number of aromatic nitrogens is 2. The molecule has 0 bridgehead atoms. The maximum Gasteiger partial charge on any atom is 0.307 e. The maximum absolute atomic E-state index is 13.0. The van der Waals surface area contributed by atoms with Gasteiger partial charge >= 0.3 is 5.97 Å². The van der Waals surface area contributed by atoms with Gasteiger partial charge in [-0.1, -0.05) is 0 Å². The molecule has 0 fully saturated rings. The third-order valence-electron chi connectivity index (χ3n) is 4.05. The normalized spacial score (nSPS) is 10.7. The highest BCUT2D eigenvalue weighted by molar-refractivity contribution is 5.94. The minimum Gasteiger partial charge on any atom is -0.491 e. The summed E-state index contributed by atoms with van der Waals surface area (Å²) in [6, 6.07) is 7.10. The molecular weight excluding hydrogens is 358 g/mol. The van der Waals surface area contributed by atoms with Crippen molar-refractivity contribution in [3.8, 4) is 5.75 Å². The monoisotopic (exact) mass is 387 g/mol. The van der Waals surface area contributed by atoms with E-state index in [1.807, 2.05) is 24.6 Å². The van der Waals surface area contributed by atoms with Crippen LogP contribution in [0.25, 0.3) is 0 Å². The second kappa shape index (κ2) is 11.1. The largest absolute Gasteiger partial charge is 0.491 e. The molecular formula is C21H29N3O4. The molecule has 0 N–H and O–H groups in total. The van der Waals surface area contributed by atoms with Crippen LogP contribution in [0.2, 0.25) is 0 Å². The highest BCUT2D eigenvalue weighted by Gasteiger charge is 2.17. The van der Waals surface area contributed by atoms with Crippen LogP contribution in [0.3, 0.4) is 0 Å². The van der Waals surface area contributed by atoms with E-state index in [9.17, 15) is 9.59 Å². The molecule has 0 atom stereocenters. The molecule has 2 rings (SSSR count). The number of hydrogen-bond donors (Lipinski definition) is 0. The van der Waals surface area contributed by atoms with Gasteiger partial charge in [-0.15, -0.1) is 0 Å². The SMILES string of the molecule is CCOC(=O)CCN(CCCn1ccnc1)C(=O)c1ccc(OC(C)C)cc1. The van der Waals surface area contributed by atoms with Crippen molar-refractivity contribution in [1.82, 2.24) is 14.5 Å². The number of benzene rings is 1. The van der Waals surface area contributed by atoms with E-state index in [-0.39, 0.29) is 24.4 Å². The number of imidazole rings is 1. The number of amides is 1. The molecule has 1 heterocycles. The van der Waals surface area contributed by atoms with Crippen LogP contribution in [-0.2, 0) is 16.1 Å². The van der Waals surface area contributed by atoms with E-state index < -0.39 is 0 Å². The Morgan fingerprint density at radius 1 is 1.18 bits per heavy atom. The van der Waals surface area contributed by atoms with Crippen molar-refractivity contribution in [2.45, 2.75) is 46.3 Å². The fraction of sp³-hybridized carbons (Fsp3) is 0.476. The molecule has 0 saturated heterocycles. The lowest BCUT2D eigenvalue weighted by Crippen LogP contribution is -2.34. The van der Waals surface area contributed by atoms with Gasteiger partial charge in [0.25, 0.3) is 5.91 Å². The van der Waals surface area contributed by atoms with E-state index in [1.165, 1.54) is 0 Å². The molecule has 0 spiro atoms. The smallest absolute Gasteiger partial charge is 0.307 e. The first kappa shape index (κ1) is 21.5. The number of hydrogen-bond acceptors (Lipinski definition) is 5. The quantitative estimate of drug-likeness (QED) is 0.554. The zero-order chi connectivity index (χ0) is 20.4. The van der Waals surface area contributed by atoms with Crippen LogP contribution in [0.1, 0.15) is 44.0 Å². The summed E-state index contributed by atoms with van der Waals surface area (Å²) in [5, 5.41) is 0. The van der Waals surface area contributed by atoms with Crippen LogP contribution < -0.4 is 4.74 Å². The van der Waals surface area contributed by atoms with Crippen LogP contribution in [0.5, 0.6) is 5.75 Å². The molecule has 2 aromatic rings. The van der Waals surface area contributed by atoms with Gasteiger partial charge in [0.05, 0.1) is 25.5 Å². The lowest BCUT2D eigenvalue weighted by Gasteiger charge is -2.23. The van der Waals surface area contributed by atoms with E-state index in [2.05, 4.69) is 4.98 Å². The van der Waals surface area contributed by atoms with Crippen molar-refractivity contribution < 1.29 is 19.1 Å². The predicted molar refractivity (Wildman–Crippen MR) is 106 cm³/mol. The molecule has 0 aliphatic rings. The van der Waals surface area contributed by atoms with Gasteiger partial charge in [0.2, 0.25) is 0 Å². The second-order valence-electron chi connectivity index (χ2n) is 6.69. The van der Waals surface area contributed by atoms with Crippen molar-refractivity contribution in [2.75, 3.05) is 19.7 Å². The van der Waals surface area contributed by atoms with E-state index in [0.29, 0.717) is 25.3 Å². The summed E-state index contributed by atoms with van der Waals surface area (Å²) >= 11 is 0. The van der Waals surface area contributed by atoms with Gasteiger partial charge in [-0.05, 0) is 51.5 Å². The van der Waals surface area contributed by atoms with Crippen LogP contribution in [0, 0.1) is 0 Å². The Hall–Kier alpha value is -2.83. The second-order valence-corrected chi connectivity index (χ2v) is 6.69. The average Bonchev–Trinajstić information content (AvgIpc) is 3.18. The van der Waals surface area contributed by atoms with E-state index >= 15 is 0 Å². The summed E-state index contributed by atoms with van der Waals surface area (Å²) in [4.78, 5) is 30.4. The standard InChI is InChI=1S/C21H29N3O4/c1-4-27-20(25)10-14-24(13-5-12-23-15-11-22-16-23)21(26)18-6-8-19(9-7-18)28-17(2)3/h6-9,11,15-17H,4-5,10,12-14H2,1-3H3. The van der Waals surface area contributed by atoms with Crippen molar-refractivity contribution >= 4 is 11.9 Å². The Kier molecular flexibility index (Phi) is 8.52. The summed E-state index contributed by atoms with van der Waals surface area (Å²) in [6.07, 6.45) is 6.38. The number of carbonyl (C=O) groups excluding carboxylic acids is 2. The zero-order valence-corrected chi connectivity index (χ0v) is 16.8. The average molecular weight is 387 g/mol. The molecule has 0 saturated carbocycles. The third-order valence-corrected chi connectivity index (χ3v) is 4.05. The Morgan fingerprint density at radius 3 is 2.54 bits per heavy atom. The summed E-state index contributed by atoms with van der Waals surface area (Å²) < 4.78 is 12.6. The number of ether oxygens (including phenoxy) is 2. The lowest BCUT2D eigenvalue weighted by molar-refractivity contribution is -0.143. The van der Waals surface area contributed by atoms with Gasteiger partial charge in [0.15, 0.2) is 0 Å². The van der Waals surface area contributed by atoms with E-state index in [1.54, 1.807) is 48.6 Å². The number of esters is 1. The summed E-state index contributed by atoms with van der Waals surface area (Å²) in [6.45, 7) is 7.64. The van der Waals surface area contributed by atoms with Crippen molar-refractivity contribution in [3.63, 3.8) is 0 Å². The van der Waals surface area contributed by atoms with Gasteiger partial charge in [-0.3, -0.25) is 9.59 Å². The zero-order valence-electron chi connectivity index (χ0n) is 16.8. The minimum atomic E-state index is -0.296. The Bertz CT molecular complexity index is 727. The van der Waals surface area contributed by atoms with Gasteiger partial charge in [0.1, 0.15) is 5.75 Å². The number of carbonyl (C=O) groups is 2. The van der Waals surface area contributed by atoms with Gasteiger partial charge in [-0.25, -0.2) is 4.98 Å². The third kappa shape index (κ3) is 7.06. The van der Waals surface area contributed by atoms with Crippen LogP contribution in [0.15, 0.2) is 43.0 Å².